The Morgan fingerprint density at radius 1 is 1.17 bits per heavy atom. The Hall–Kier alpha value is -2.76. The molecule has 1 aromatic carbocycles. The highest BCUT2D eigenvalue weighted by molar-refractivity contribution is 5.88. The van der Waals surface area contributed by atoms with E-state index in [4.69, 9.17) is 5.26 Å². The van der Waals surface area contributed by atoms with E-state index in [1.54, 1.807) is 36.0 Å². The van der Waals surface area contributed by atoms with Gasteiger partial charge in [-0.3, -0.25) is 9.59 Å². The molecule has 2 heterocycles. The molecule has 1 saturated carbocycles. The third-order valence-electron chi connectivity index (χ3n) is 8.11. The van der Waals surface area contributed by atoms with Gasteiger partial charge in [0.05, 0.1) is 17.2 Å². The second-order valence-electron chi connectivity index (χ2n) is 10.7. The summed E-state index contributed by atoms with van der Waals surface area (Å²) in [5.74, 6) is 0.388. The van der Waals surface area contributed by atoms with Crippen LogP contribution < -0.4 is 4.90 Å². The van der Waals surface area contributed by atoms with Crippen LogP contribution in [0.2, 0.25) is 0 Å². The number of amides is 2. The minimum Gasteiger partial charge on any atom is -0.371 e. The molecule has 2 amide bonds. The molecule has 6 nitrogen and oxygen atoms in total. The van der Waals surface area contributed by atoms with Gasteiger partial charge in [-0.25, -0.2) is 0 Å². The maximum atomic E-state index is 13.4. The zero-order valence-corrected chi connectivity index (χ0v) is 20.4. The molecule has 9 heteroatoms. The Bertz CT molecular complexity index is 1000. The number of alkyl halides is 3. The van der Waals surface area contributed by atoms with E-state index in [9.17, 15) is 22.8 Å². The van der Waals surface area contributed by atoms with E-state index >= 15 is 0 Å². The summed E-state index contributed by atoms with van der Waals surface area (Å²) in [4.78, 5) is 31.5. The van der Waals surface area contributed by atoms with Crippen molar-refractivity contribution in [1.29, 1.82) is 5.26 Å². The van der Waals surface area contributed by atoms with Crippen LogP contribution in [0, 0.1) is 22.7 Å². The molecular weight excluding hydrogens is 457 g/mol. The summed E-state index contributed by atoms with van der Waals surface area (Å²) < 4.78 is 40.3. The van der Waals surface area contributed by atoms with Crippen molar-refractivity contribution < 1.29 is 22.8 Å². The Labute approximate surface area is 204 Å². The Morgan fingerprint density at radius 3 is 2.40 bits per heavy atom. The van der Waals surface area contributed by atoms with E-state index in [1.165, 1.54) is 6.07 Å². The van der Waals surface area contributed by atoms with Gasteiger partial charge in [0.15, 0.2) is 0 Å². The third kappa shape index (κ3) is 5.26. The first kappa shape index (κ1) is 25.3. The summed E-state index contributed by atoms with van der Waals surface area (Å²) in [5.41, 5.74) is -1.07. The molecule has 3 aliphatic rings. The van der Waals surface area contributed by atoms with Crippen LogP contribution in [0.15, 0.2) is 18.2 Å². The van der Waals surface area contributed by atoms with Gasteiger partial charge in [0, 0.05) is 45.8 Å². The van der Waals surface area contributed by atoms with Crippen LogP contribution in [0.4, 0.5) is 18.9 Å². The standard InChI is InChI=1S/C26H33F3N4O2/c1-31(2)24(35)22-15-25(17-33(22)23(34)13-18-5-3-4-6-18)9-11-32(12-10-25)20-8-7-19(16-30)21(14-20)26(27,28)29/h7-8,14,18,22H,3-6,9-13,15,17H2,1-2H3. The largest absolute Gasteiger partial charge is 0.417 e. The van der Waals surface area contributed by atoms with Crippen molar-refractivity contribution in [3.63, 3.8) is 0 Å². The molecule has 0 aromatic heterocycles. The molecule has 1 unspecified atom stereocenters. The summed E-state index contributed by atoms with van der Waals surface area (Å²) in [6.07, 6.45) is 2.32. The third-order valence-corrected chi connectivity index (χ3v) is 8.11. The highest BCUT2D eigenvalue weighted by atomic mass is 19.4. The van der Waals surface area contributed by atoms with Crippen LogP contribution >= 0.6 is 0 Å². The molecule has 2 saturated heterocycles. The summed E-state index contributed by atoms with van der Waals surface area (Å²) >= 11 is 0. The monoisotopic (exact) mass is 490 g/mol. The van der Waals surface area contributed by atoms with Gasteiger partial charge < -0.3 is 14.7 Å². The molecule has 1 aromatic rings. The summed E-state index contributed by atoms with van der Waals surface area (Å²) in [7, 11) is 3.41. The highest BCUT2D eigenvalue weighted by Gasteiger charge is 2.50. The van der Waals surface area contributed by atoms with E-state index in [1.807, 2.05) is 4.90 Å². The van der Waals surface area contributed by atoms with Gasteiger partial charge in [-0.1, -0.05) is 12.8 Å². The van der Waals surface area contributed by atoms with E-state index in [-0.39, 0.29) is 22.8 Å². The molecule has 1 spiro atoms. The zero-order valence-electron chi connectivity index (χ0n) is 20.4. The lowest BCUT2D eigenvalue weighted by atomic mass is 9.76. The smallest absolute Gasteiger partial charge is 0.371 e. The first-order valence-corrected chi connectivity index (χ1v) is 12.4. The molecule has 35 heavy (non-hydrogen) atoms. The molecule has 190 valence electrons. The molecule has 0 radical (unpaired) electrons. The number of likely N-dealkylation sites (N-methyl/N-ethyl adjacent to an activating group) is 1. The Morgan fingerprint density at radius 2 is 1.83 bits per heavy atom. The van der Waals surface area contributed by atoms with Crippen molar-refractivity contribution in [3.8, 4) is 6.07 Å². The van der Waals surface area contributed by atoms with Crippen LogP contribution in [-0.4, -0.2) is 61.4 Å². The fraction of sp³-hybridized carbons (Fsp3) is 0.654. The second kappa shape index (κ2) is 9.71. The van der Waals surface area contributed by atoms with Crippen molar-refractivity contribution in [2.45, 2.75) is 63.6 Å². The van der Waals surface area contributed by atoms with Gasteiger partial charge in [-0.15, -0.1) is 0 Å². The SMILES string of the molecule is CN(C)C(=O)C1CC2(CCN(c3ccc(C#N)c(C(F)(F)F)c3)CC2)CN1C(=O)CC1CCCC1. The number of likely N-dealkylation sites (tertiary alicyclic amines) is 1. The number of carbonyl (C=O) groups is 2. The van der Waals surface area contributed by atoms with E-state index in [2.05, 4.69) is 0 Å². The molecule has 3 fully saturated rings. The van der Waals surface area contributed by atoms with Gasteiger partial charge in [0.25, 0.3) is 0 Å². The first-order valence-electron chi connectivity index (χ1n) is 12.4. The lowest BCUT2D eigenvalue weighted by molar-refractivity contribution is -0.142. The fourth-order valence-corrected chi connectivity index (χ4v) is 6.08. The predicted octanol–water partition coefficient (Wildman–Crippen LogP) is 4.43. The molecule has 0 bridgehead atoms. The molecule has 1 aliphatic carbocycles. The van der Waals surface area contributed by atoms with Crippen molar-refractivity contribution >= 4 is 17.5 Å². The maximum Gasteiger partial charge on any atom is 0.417 e. The Balaban J connectivity index is 1.49. The predicted molar refractivity (Wildman–Crippen MR) is 125 cm³/mol. The van der Waals surface area contributed by atoms with Crippen molar-refractivity contribution in [1.82, 2.24) is 9.80 Å². The maximum absolute atomic E-state index is 13.4. The summed E-state index contributed by atoms with van der Waals surface area (Å²) in [5, 5.41) is 9.06. The number of nitrogens with zero attached hydrogens (tertiary/aromatic N) is 4. The number of hydrogen-bond donors (Lipinski definition) is 0. The molecule has 4 rings (SSSR count). The van der Waals surface area contributed by atoms with E-state index < -0.39 is 17.8 Å². The van der Waals surface area contributed by atoms with E-state index in [0.717, 1.165) is 31.7 Å². The second-order valence-corrected chi connectivity index (χ2v) is 10.7. The quantitative estimate of drug-likeness (QED) is 0.626. The number of halogens is 3. The number of rotatable bonds is 4. The molecule has 0 N–H and O–H groups in total. The van der Waals surface area contributed by atoms with Crippen molar-refractivity contribution in [2.24, 2.45) is 11.3 Å². The zero-order chi connectivity index (χ0) is 25.4. The van der Waals surface area contributed by atoms with Crippen molar-refractivity contribution in [3.05, 3.63) is 29.3 Å². The minimum absolute atomic E-state index is 0.0540. The van der Waals surface area contributed by atoms with Crippen LogP contribution in [0.3, 0.4) is 0 Å². The van der Waals surface area contributed by atoms with E-state index in [0.29, 0.717) is 56.9 Å². The fourth-order valence-electron chi connectivity index (χ4n) is 6.08. The van der Waals surface area contributed by atoms with Gasteiger partial charge in [0.1, 0.15) is 6.04 Å². The lowest BCUT2D eigenvalue weighted by Gasteiger charge is -2.40. The van der Waals surface area contributed by atoms with Gasteiger partial charge in [0.2, 0.25) is 11.8 Å². The number of carbonyl (C=O) groups excluding carboxylic acids is 2. The van der Waals surface area contributed by atoms with Gasteiger partial charge in [-0.2, -0.15) is 18.4 Å². The van der Waals surface area contributed by atoms with Crippen LogP contribution in [0.25, 0.3) is 0 Å². The lowest BCUT2D eigenvalue weighted by Crippen LogP contribution is -2.46. The molecule has 1 atom stereocenters. The van der Waals surface area contributed by atoms with Crippen LogP contribution in [0.1, 0.15) is 62.5 Å². The number of nitriles is 1. The highest BCUT2D eigenvalue weighted by Crippen LogP contribution is 2.45. The number of anilines is 1. The topological polar surface area (TPSA) is 67.7 Å². The number of piperidine rings is 1. The average molecular weight is 491 g/mol. The number of benzene rings is 1. The first-order chi connectivity index (χ1) is 16.5. The normalized spacial score (nSPS) is 22.5. The Kier molecular flexibility index (Phi) is 7.03. The molecular formula is C26H33F3N4O2. The van der Waals surface area contributed by atoms with Crippen LogP contribution in [-0.2, 0) is 15.8 Å². The van der Waals surface area contributed by atoms with Gasteiger partial charge >= 0.3 is 6.18 Å². The minimum atomic E-state index is -4.59. The molecule has 2 aliphatic heterocycles. The van der Waals surface area contributed by atoms with Crippen LogP contribution in [0.5, 0.6) is 0 Å². The summed E-state index contributed by atoms with van der Waals surface area (Å²) in [6, 6.07) is 5.00. The van der Waals surface area contributed by atoms with Gasteiger partial charge in [-0.05, 0) is 61.6 Å². The summed E-state index contributed by atoms with van der Waals surface area (Å²) in [6.45, 7) is 1.60. The number of hydrogen-bond acceptors (Lipinski definition) is 4. The van der Waals surface area contributed by atoms with Crippen molar-refractivity contribution in [2.75, 3.05) is 38.6 Å². The average Bonchev–Trinajstić information content (AvgIpc) is 3.46.